The van der Waals surface area contributed by atoms with Crippen LogP contribution in [0.15, 0.2) is 67.1 Å². The van der Waals surface area contributed by atoms with Crippen molar-refractivity contribution >= 4 is 56.2 Å². The van der Waals surface area contributed by atoms with Crippen LogP contribution in [0.3, 0.4) is 0 Å². The standard InChI is InChI=1S/C20H14BrNO5S/c21-13-5-6-14-12(7-19(24)27-16(14)8-13)10-26-20(25)9-22-15-3-1-2-4-17(15)28-11-18(22)23/h1-8H,9-11H2. The summed E-state index contributed by atoms with van der Waals surface area (Å²) < 4.78 is 11.3. The summed E-state index contributed by atoms with van der Waals surface area (Å²) >= 11 is 4.78. The van der Waals surface area contributed by atoms with Crippen molar-refractivity contribution in [3.05, 3.63) is 69.0 Å². The van der Waals surface area contributed by atoms with Crippen molar-refractivity contribution < 1.29 is 18.7 Å². The average Bonchev–Trinajstić information content (AvgIpc) is 2.68. The Bertz CT molecular complexity index is 1140. The Labute approximate surface area is 172 Å². The van der Waals surface area contributed by atoms with Gasteiger partial charge in [0.05, 0.1) is 11.4 Å². The third-order valence-corrected chi connectivity index (χ3v) is 5.82. The van der Waals surface area contributed by atoms with Crippen molar-refractivity contribution in [1.29, 1.82) is 0 Å². The number of thioether (sulfide) groups is 1. The van der Waals surface area contributed by atoms with Crippen molar-refractivity contribution in [2.75, 3.05) is 17.2 Å². The van der Waals surface area contributed by atoms with Crippen LogP contribution in [0.4, 0.5) is 5.69 Å². The molecule has 28 heavy (non-hydrogen) atoms. The highest BCUT2D eigenvalue weighted by Gasteiger charge is 2.26. The van der Waals surface area contributed by atoms with E-state index in [9.17, 15) is 14.4 Å². The second-order valence-electron chi connectivity index (χ2n) is 6.13. The van der Waals surface area contributed by atoms with Gasteiger partial charge < -0.3 is 9.15 Å². The molecule has 0 N–H and O–H groups in total. The molecule has 6 nitrogen and oxygen atoms in total. The van der Waals surface area contributed by atoms with Crippen LogP contribution in [0.1, 0.15) is 5.56 Å². The van der Waals surface area contributed by atoms with E-state index in [2.05, 4.69) is 15.9 Å². The predicted molar refractivity (Wildman–Crippen MR) is 109 cm³/mol. The number of rotatable bonds is 4. The molecule has 0 radical (unpaired) electrons. The molecule has 1 aliphatic heterocycles. The van der Waals surface area contributed by atoms with Gasteiger partial charge in [0.25, 0.3) is 0 Å². The van der Waals surface area contributed by atoms with Gasteiger partial charge in [-0.05, 0) is 30.3 Å². The second kappa shape index (κ2) is 7.81. The van der Waals surface area contributed by atoms with E-state index in [1.165, 1.54) is 22.7 Å². The first kappa shape index (κ1) is 18.8. The number of para-hydroxylation sites is 1. The zero-order valence-corrected chi connectivity index (χ0v) is 16.9. The molecule has 142 valence electrons. The minimum absolute atomic E-state index is 0.0823. The summed E-state index contributed by atoms with van der Waals surface area (Å²) in [5.41, 5.74) is 1.14. The van der Waals surface area contributed by atoms with Crippen LogP contribution in [-0.2, 0) is 20.9 Å². The molecular formula is C20H14BrNO5S. The number of esters is 1. The maximum atomic E-state index is 12.4. The molecule has 4 rings (SSSR count). The Kier molecular flexibility index (Phi) is 5.23. The summed E-state index contributed by atoms with van der Waals surface area (Å²) in [7, 11) is 0. The Morgan fingerprint density at radius 2 is 2.00 bits per heavy atom. The molecule has 2 heterocycles. The van der Waals surface area contributed by atoms with E-state index in [4.69, 9.17) is 9.15 Å². The van der Waals surface area contributed by atoms with E-state index >= 15 is 0 Å². The lowest BCUT2D eigenvalue weighted by Crippen LogP contribution is -2.39. The van der Waals surface area contributed by atoms with Crippen molar-refractivity contribution in [2.45, 2.75) is 11.5 Å². The molecule has 8 heteroatoms. The molecule has 0 bridgehead atoms. The van der Waals surface area contributed by atoms with Crippen molar-refractivity contribution in [3.63, 3.8) is 0 Å². The molecule has 0 fully saturated rings. The number of benzene rings is 2. The van der Waals surface area contributed by atoms with Crippen LogP contribution >= 0.6 is 27.7 Å². The molecule has 1 aromatic heterocycles. The normalized spacial score (nSPS) is 13.5. The van der Waals surface area contributed by atoms with Crippen LogP contribution in [0.2, 0.25) is 0 Å². The molecule has 0 saturated carbocycles. The van der Waals surface area contributed by atoms with E-state index < -0.39 is 11.6 Å². The largest absolute Gasteiger partial charge is 0.459 e. The molecule has 0 spiro atoms. The number of carbonyl (C=O) groups excluding carboxylic acids is 2. The lowest BCUT2D eigenvalue weighted by Gasteiger charge is -2.27. The minimum atomic E-state index is -0.548. The summed E-state index contributed by atoms with van der Waals surface area (Å²) in [5.74, 6) is -0.409. The number of hydrogen-bond donors (Lipinski definition) is 0. The number of fused-ring (bicyclic) bond motifs is 2. The van der Waals surface area contributed by atoms with Crippen LogP contribution < -0.4 is 10.5 Å². The first-order valence-corrected chi connectivity index (χ1v) is 10.2. The SMILES string of the molecule is O=C(CN1C(=O)CSc2ccccc21)OCc1cc(=O)oc2cc(Br)ccc12. The van der Waals surface area contributed by atoms with Crippen molar-refractivity contribution in [2.24, 2.45) is 0 Å². The zero-order valence-electron chi connectivity index (χ0n) is 14.5. The second-order valence-corrected chi connectivity index (χ2v) is 8.06. The lowest BCUT2D eigenvalue weighted by atomic mass is 10.1. The molecule has 0 unspecified atom stereocenters. The van der Waals surface area contributed by atoms with Crippen molar-refractivity contribution in [3.8, 4) is 0 Å². The number of ether oxygens (including phenoxy) is 1. The first-order chi connectivity index (χ1) is 13.5. The maximum absolute atomic E-state index is 12.4. The summed E-state index contributed by atoms with van der Waals surface area (Å²) in [6.07, 6.45) is 0. The molecule has 1 aliphatic rings. The maximum Gasteiger partial charge on any atom is 0.336 e. The van der Waals surface area contributed by atoms with Gasteiger partial charge in [0.1, 0.15) is 18.7 Å². The van der Waals surface area contributed by atoms with Gasteiger partial charge in [0, 0.05) is 26.4 Å². The van der Waals surface area contributed by atoms with Crippen LogP contribution in [0.25, 0.3) is 11.0 Å². The topological polar surface area (TPSA) is 76.8 Å². The Hall–Kier alpha value is -2.58. The Balaban J connectivity index is 1.51. The number of halogens is 1. The fraction of sp³-hybridized carbons (Fsp3) is 0.150. The average molecular weight is 460 g/mol. The molecule has 0 aliphatic carbocycles. The van der Waals surface area contributed by atoms with Gasteiger partial charge in [0.2, 0.25) is 5.91 Å². The Morgan fingerprint density at radius 3 is 2.86 bits per heavy atom. The van der Waals surface area contributed by atoms with E-state index in [0.29, 0.717) is 22.2 Å². The third kappa shape index (κ3) is 3.83. The predicted octanol–water partition coefficient (Wildman–Crippen LogP) is 3.74. The molecule has 3 aromatic rings. The number of nitrogens with zero attached hydrogens (tertiary/aromatic N) is 1. The van der Waals surface area contributed by atoms with Gasteiger partial charge in [0.15, 0.2) is 0 Å². The van der Waals surface area contributed by atoms with E-state index in [-0.39, 0.29) is 24.8 Å². The zero-order chi connectivity index (χ0) is 19.7. The van der Waals surface area contributed by atoms with E-state index in [0.717, 1.165) is 9.37 Å². The first-order valence-electron chi connectivity index (χ1n) is 8.41. The molecule has 0 atom stereocenters. The highest BCUT2D eigenvalue weighted by molar-refractivity contribution is 9.10. The number of carbonyl (C=O) groups is 2. The smallest absolute Gasteiger partial charge is 0.336 e. The van der Waals surface area contributed by atoms with Crippen molar-refractivity contribution in [1.82, 2.24) is 0 Å². The summed E-state index contributed by atoms with van der Waals surface area (Å²) in [5, 5.41) is 0.686. The summed E-state index contributed by atoms with van der Waals surface area (Å²) in [6, 6.07) is 14.0. The minimum Gasteiger partial charge on any atom is -0.459 e. The Morgan fingerprint density at radius 1 is 1.18 bits per heavy atom. The van der Waals surface area contributed by atoms with Gasteiger partial charge in [-0.2, -0.15) is 0 Å². The van der Waals surface area contributed by atoms with Crippen LogP contribution in [-0.4, -0.2) is 24.2 Å². The molecule has 2 aromatic carbocycles. The fourth-order valence-electron chi connectivity index (χ4n) is 2.98. The number of hydrogen-bond acceptors (Lipinski definition) is 6. The quantitative estimate of drug-likeness (QED) is 0.436. The van der Waals surface area contributed by atoms with Crippen LogP contribution in [0, 0.1) is 0 Å². The van der Waals surface area contributed by atoms with Crippen LogP contribution in [0.5, 0.6) is 0 Å². The van der Waals surface area contributed by atoms with Gasteiger partial charge >= 0.3 is 11.6 Å². The third-order valence-electron chi connectivity index (χ3n) is 4.28. The van der Waals surface area contributed by atoms with Gasteiger partial charge in [-0.25, -0.2) is 4.79 Å². The fourth-order valence-corrected chi connectivity index (χ4v) is 4.26. The summed E-state index contributed by atoms with van der Waals surface area (Å²) in [6.45, 7) is -0.262. The lowest BCUT2D eigenvalue weighted by molar-refractivity contribution is -0.144. The summed E-state index contributed by atoms with van der Waals surface area (Å²) in [4.78, 5) is 38.8. The van der Waals surface area contributed by atoms with Gasteiger partial charge in [-0.1, -0.05) is 28.1 Å². The highest BCUT2D eigenvalue weighted by Crippen LogP contribution is 2.34. The van der Waals surface area contributed by atoms with E-state index in [1.807, 2.05) is 24.3 Å². The number of amides is 1. The van der Waals surface area contributed by atoms with Gasteiger partial charge in [-0.3, -0.25) is 14.5 Å². The number of anilines is 1. The highest BCUT2D eigenvalue weighted by atomic mass is 79.9. The molecule has 1 amide bonds. The molecule has 0 saturated heterocycles. The van der Waals surface area contributed by atoms with E-state index in [1.54, 1.807) is 18.2 Å². The monoisotopic (exact) mass is 459 g/mol. The molecular weight excluding hydrogens is 446 g/mol. The van der Waals surface area contributed by atoms with Gasteiger partial charge in [-0.15, -0.1) is 11.8 Å².